The van der Waals surface area contributed by atoms with Crippen LogP contribution in [0.25, 0.3) is 0 Å². The summed E-state index contributed by atoms with van der Waals surface area (Å²) in [4.78, 5) is 27.3. The molecule has 0 radical (unpaired) electrons. The number of carbonyl (C=O) groups excluding carboxylic acids is 2. The number of hydrogen-bond donors (Lipinski definition) is 1. The molecule has 1 aliphatic rings. The molecule has 7 nitrogen and oxygen atoms in total. The van der Waals surface area contributed by atoms with Crippen molar-refractivity contribution >= 4 is 17.7 Å². The molecule has 2 aromatic rings. The number of rotatable bonds is 8. The van der Waals surface area contributed by atoms with Crippen molar-refractivity contribution in [3.63, 3.8) is 0 Å². The molecule has 0 bridgehead atoms. The number of carbonyl (C=O) groups is 2. The normalized spacial score (nSPS) is 15.0. The molecule has 0 aromatic heterocycles. The van der Waals surface area contributed by atoms with Crippen LogP contribution < -0.4 is 14.8 Å². The van der Waals surface area contributed by atoms with Crippen LogP contribution in [-0.4, -0.2) is 43.8 Å². The van der Waals surface area contributed by atoms with Crippen LogP contribution in [0.15, 0.2) is 36.4 Å². The van der Waals surface area contributed by atoms with E-state index in [1.54, 1.807) is 4.90 Å². The summed E-state index contributed by atoms with van der Waals surface area (Å²) in [6, 6.07) is 10.9. The summed E-state index contributed by atoms with van der Waals surface area (Å²) < 4.78 is 16.5. The van der Waals surface area contributed by atoms with Gasteiger partial charge in [-0.2, -0.15) is 0 Å². The predicted octanol–water partition coefficient (Wildman–Crippen LogP) is 4.74. The summed E-state index contributed by atoms with van der Waals surface area (Å²) in [6.45, 7) is 7.37. The third kappa shape index (κ3) is 5.15. The molecule has 0 saturated heterocycles. The first kappa shape index (κ1) is 23.4. The predicted molar refractivity (Wildman–Crippen MR) is 123 cm³/mol. The fourth-order valence-electron chi connectivity index (χ4n) is 4.09. The number of urea groups is 1. The van der Waals surface area contributed by atoms with Crippen molar-refractivity contribution in [3.8, 4) is 11.5 Å². The van der Waals surface area contributed by atoms with Crippen molar-refractivity contribution < 1.29 is 23.8 Å². The molecule has 0 spiro atoms. The van der Waals surface area contributed by atoms with Gasteiger partial charge in [-0.05, 0) is 61.6 Å². The van der Waals surface area contributed by atoms with Gasteiger partial charge in [0.2, 0.25) is 0 Å². The van der Waals surface area contributed by atoms with E-state index in [2.05, 4.69) is 5.32 Å². The Bertz CT molecular complexity index is 959. The summed E-state index contributed by atoms with van der Waals surface area (Å²) in [5.41, 5.74) is 3.77. The molecule has 172 valence electrons. The average Bonchev–Trinajstić information content (AvgIpc) is 2.80. The van der Waals surface area contributed by atoms with E-state index in [-0.39, 0.29) is 18.4 Å². The highest BCUT2D eigenvalue weighted by atomic mass is 16.5. The van der Waals surface area contributed by atoms with E-state index in [1.165, 1.54) is 7.11 Å². The zero-order valence-electron chi connectivity index (χ0n) is 19.3. The maximum absolute atomic E-state index is 13.3. The van der Waals surface area contributed by atoms with Gasteiger partial charge in [-0.3, -0.25) is 4.79 Å². The van der Waals surface area contributed by atoms with Crippen LogP contribution in [0, 0.1) is 0 Å². The van der Waals surface area contributed by atoms with E-state index in [4.69, 9.17) is 14.2 Å². The zero-order chi connectivity index (χ0) is 23.1. The first-order valence-corrected chi connectivity index (χ1v) is 11.2. The number of amides is 2. The van der Waals surface area contributed by atoms with Gasteiger partial charge < -0.3 is 24.4 Å². The highest BCUT2D eigenvalue weighted by Crippen LogP contribution is 2.40. The maximum Gasteiger partial charge on any atom is 0.322 e. The lowest BCUT2D eigenvalue weighted by Crippen LogP contribution is -2.43. The first-order valence-electron chi connectivity index (χ1n) is 11.2. The van der Waals surface area contributed by atoms with E-state index in [0.717, 1.165) is 28.8 Å². The largest absolute Gasteiger partial charge is 0.490 e. The Kier molecular flexibility index (Phi) is 7.98. The molecule has 0 aliphatic carbocycles. The van der Waals surface area contributed by atoms with E-state index >= 15 is 0 Å². The van der Waals surface area contributed by atoms with E-state index < -0.39 is 6.04 Å². The summed E-state index contributed by atoms with van der Waals surface area (Å²) in [5, 5.41) is 3.03. The average molecular weight is 441 g/mol. The van der Waals surface area contributed by atoms with Gasteiger partial charge in [0.25, 0.3) is 0 Å². The summed E-state index contributed by atoms with van der Waals surface area (Å²) >= 11 is 0. The maximum atomic E-state index is 13.3. The Labute approximate surface area is 189 Å². The fourth-order valence-corrected chi connectivity index (χ4v) is 4.09. The molecular formula is C25H32N2O5. The van der Waals surface area contributed by atoms with Crippen molar-refractivity contribution in [2.24, 2.45) is 0 Å². The van der Waals surface area contributed by atoms with Gasteiger partial charge in [0.05, 0.1) is 32.8 Å². The van der Waals surface area contributed by atoms with Gasteiger partial charge >= 0.3 is 12.0 Å². The summed E-state index contributed by atoms with van der Waals surface area (Å²) in [6.07, 6.45) is 1.52. The Hall–Kier alpha value is -3.22. The Morgan fingerprint density at radius 2 is 1.75 bits per heavy atom. The molecule has 3 rings (SSSR count). The molecule has 7 heteroatoms. The van der Waals surface area contributed by atoms with E-state index in [9.17, 15) is 9.59 Å². The number of nitrogens with zero attached hydrogens (tertiary/aromatic N) is 1. The fraction of sp³-hybridized carbons (Fsp3) is 0.440. The number of anilines is 1. The SMILES string of the molecule is CCOc1cc2c(cc1OCC)[C@H](CC(=O)OC)N(C(=O)Nc1ccccc1CC)CC2. The van der Waals surface area contributed by atoms with Crippen molar-refractivity contribution in [2.45, 2.75) is 46.1 Å². The molecule has 0 fully saturated rings. The number of methoxy groups -OCH3 is 1. The van der Waals surface area contributed by atoms with Gasteiger partial charge in [-0.25, -0.2) is 4.79 Å². The lowest BCUT2D eigenvalue weighted by molar-refractivity contribution is -0.141. The second-order valence-corrected chi connectivity index (χ2v) is 7.54. The van der Waals surface area contributed by atoms with Gasteiger partial charge in [0, 0.05) is 12.2 Å². The van der Waals surface area contributed by atoms with Crippen LogP contribution in [0.4, 0.5) is 10.5 Å². The Morgan fingerprint density at radius 1 is 1.06 bits per heavy atom. The highest BCUT2D eigenvalue weighted by Gasteiger charge is 2.34. The molecule has 32 heavy (non-hydrogen) atoms. The first-order chi connectivity index (χ1) is 15.5. The minimum Gasteiger partial charge on any atom is -0.490 e. The second kappa shape index (κ2) is 10.9. The number of aryl methyl sites for hydroxylation is 1. The van der Waals surface area contributed by atoms with Crippen LogP contribution in [0.3, 0.4) is 0 Å². The number of hydrogen-bond acceptors (Lipinski definition) is 5. The van der Waals surface area contributed by atoms with Crippen molar-refractivity contribution in [3.05, 3.63) is 53.1 Å². The standard InChI is InChI=1S/C25H32N2O5/c1-5-17-10-8-9-11-20(17)26-25(29)27-13-12-18-14-22(31-6-2)23(32-7-3)15-19(18)21(27)16-24(28)30-4/h8-11,14-15,21H,5-7,12-13,16H2,1-4H3,(H,26,29)/t21-/m0/s1. The lowest BCUT2D eigenvalue weighted by atomic mass is 9.90. The van der Waals surface area contributed by atoms with E-state index in [0.29, 0.717) is 37.7 Å². The Balaban J connectivity index is 1.97. The second-order valence-electron chi connectivity index (χ2n) is 7.54. The van der Waals surface area contributed by atoms with Crippen LogP contribution in [0.2, 0.25) is 0 Å². The number of ether oxygens (including phenoxy) is 3. The van der Waals surface area contributed by atoms with Crippen molar-refractivity contribution in [2.75, 3.05) is 32.2 Å². The summed E-state index contributed by atoms with van der Waals surface area (Å²) in [7, 11) is 1.36. The Morgan fingerprint density at radius 3 is 2.41 bits per heavy atom. The lowest BCUT2D eigenvalue weighted by Gasteiger charge is -2.37. The molecule has 0 unspecified atom stereocenters. The molecule has 0 saturated carbocycles. The number of nitrogens with one attached hydrogen (secondary N) is 1. The molecule has 1 heterocycles. The topological polar surface area (TPSA) is 77.1 Å². The monoisotopic (exact) mass is 440 g/mol. The number of fused-ring (bicyclic) bond motifs is 1. The smallest absolute Gasteiger partial charge is 0.322 e. The van der Waals surface area contributed by atoms with Gasteiger partial charge in [0.1, 0.15) is 0 Å². The number of para-hydroxylation sites is 1. The zero-order valence-corrected chi connectivity index (χ0v) is 19.3. The number of benzene rings is 2. The minimum atomic E-state index is -0.463. The molecule has 2 aromatic carbocycles. The summed E-state index contributed by atoms with van der Waals surface area (Å²) in [5.74, 6) is 0.919. The third-order valence-corrected chi connectivity index (χ3v) is 5.65. The van der Waals surface area contributed by atoms with Gasteiger partial charge in [0.15, 0.2) is 11.5 Å². The van der Waals surface area contributed by atoms with Crippen LogP contribution in [-0.2, 0) is 22.4 Å². The molecule has 2 amide bonds. The van der Waals surface area contributed by atoms with E-state index in [1.807, 2.05) is 57.2 Å². The molecule has 1 atom stereocenters. The molecular weight excluding hydrogens is 408 g/mol. The van der Waals surface area contributed by atoms with Crippen molar-refractivity contribution in [1.82, 2.24) is 4.90 Å². The quantitative estimate of drug-likeness (QED) is 0.600. The minimum absolute atomic E-state index is 0.0614. The molecule has 1 N–H and O–H groups in total. The van der Waals surface area contributed by atoms with Gasteiger partial charge in [-0.1, -0.05) is 25.1 Å². The van der Waals surface area contributed by atoms with Crippen LogP contribution in [0.1, 0.15) is 49.9 Å². The third-order valence-electron chi connectivity index (χ3n) is 5.65. The highest BCUT2D eigenvalue weighted by molar-refractivity contribution is 5.91. The molecule has 1 aliphatic heterocycles. The van der Waals surface area contributed by atoms with Crippen LogP contribution in [0.5, 0.6) is 11.5 Å². The van der Waals surface area contributed by atoms with Crippen molar-refractivity contribution in [1.29, 1.82) is 0 Å². The number of esters is 1. The van der Waals surface area contributed by atoms with Gasteiger partial charge in [-0.15, -0.1) is 0 Å². The van der Waals surface area contributed by atoms with Crippen LogP contribution >= 0.6 is 0 Å².